The molecule has 0 saturated carbocycles. The molecular formula is C19H30BNO6. The van der Waals surface area contributed by atoms with Gasteiger partial charge in [0.2, 0.25) is 0 Å². The van der Waals surface area contributed by atoms with E-state index in [1.807, 2.05) is 27.7 Å². The average molecular weight is 379 g/mol. The van der Waals surface area contributed by atoms with Gasteiger partial charge in [-0.05, 0) is 60.6 Å². The van der Waals surface area contributed by atoms with Crippen LogP contribution in [0.15, 0.2) is 18.3 Å². The van der Waals surface area contributed by atoms with Gasteiger partial charge in [-0.25, -0.2) is 4.79 Å². The van der Waals surface area contributed by atoms with Crippen LogP contribution in [0.4, 0.5) is 4.79 Å². The van der Waals surface area contributed by atoms with Crippen molar-refractivity contribution in [2.45, 2.75) is 77.5 Å². The standard InChI is InChI=1S/C19H30BNO6/c1-17(2,3)25-16(23)21-11-9-10-14(21)13(12-15(22)24-8)20-26-18(4,5)19(6,7)27-20/h9-11,13H,12H2,1-8H3. The number of esters is 1. The topological polar surface area (TPSA) is 76.0 Å². The summed E-state index contributed by atoms with van der Waals surface area (Å²) >= 11 is 0. The molecule has 1 aromatic rings. The van der Waals surface area contributed by atoms with Gasteiger partial charge in [0.15, 0.2) is 0 Å². The van der Waals surface area contributed by atoms with Gasteiger partial charge in [0.1, 0.15) is 5.60 Å². The number of rotatable bonds is 4. The summed E-state index contributed by atoms with van der Waals surface area (Å²) in [6.45, 7) is 13.2. The fourth-order valence-corrected chi connectivity index (χ4v) is 2.83. The van der Waals surface area contributed by atoms with Crippen molar-refractivity contribution in [1.29, 1.82) is 0 Å². The van der Waals surface area contributed by atoms with Crippen LogP contribution >= 0.6 is 0 Å². The maximum absolute atomic E-state index is 12.6. The summed E-state index contributed by atoms with van der Waals surface area (Å²) in [5.74, 6) is -0.937. The number of hydrogen-bond donors (Lipinski definition) is 0. The predicted octanol–water partition coefficient (Wildman–Crippen LogP) is 3.55. The molecule has 2 rings (SSSR count). The van der Waals surface area contributed by atoms with Gasteiger partial charge in [-0.15, -0.1) is 0 Å². The summed E-state index contributed by atoms with van der Waals surface area (Å²) in [5.41, 5.74) is -1.18. The molecule has 27 heavy (non-hydrogen) atoms. The minimum atomic E-state index is -0.704. The average Bonchev–Trinajstić information content (AvgIpc) is 3.05. The highest BCUT2D eigenvalue weighted by Crippen LogP contribution is 2.42. The molecule has 1 aliphatic rings. The first kappa shape index (κ1) is 21.5. The van der Waals surface area contributed by atoms with Crippen molar-refractivity contribution < 1.29 is 28.4 Å². The maximum Gasteiger partial charge on any atom is 0.467 e. The Kier molecular flexibility index (Phi) is 5.83. The van der Waals surface area contributed by atoms with E-state index in [0.717, 1.165) is 0 Å². The van der Waals surface area contributed by atoms with Gasteiger partial charge in [0.05, 0.1) is 24.7 Å². The van der Waals surface area contributed by atoms with Gasteiger partial charge in [-0.2, -0.15) is 0 Å². The molecule has 0 N–H and O–H groups in total. The van der Waals surface area contributed by atoms with E-state index in [1.54, 1.807) is 39.1 Å². The molecule has 0 amide bonds. The van der Waals surface area contributed by atoms with Gasteiger partial charge < -0.3 is 18.8 Å². The first-order valence-corrected chi connectivity index (χ1v) is 9.10. The number of ether oxygens (including phenoxy) is 2. The Balaban J connectivity index is 2.38. The second kappa shape index (κ2) is 7.32. The van der Waals surface area contributed by atoms with Gasteiger partial charge >= 0.3 is 19.2 Å². The third kappa shape index (κ3) is 4.73. The molecule has 1 atom stereocenters. The Labute approximate surface area is 161 Å². The van der Waals surface area contributed by atoms with E-state index in [0.29, 0.717) is 5.69 Å². The molecule has 1 unspecified atom stereocenters. The van der Waals surface area contributed by atoms with E-state index in [2.05, 4.69) is 0 Å². The van der Waals surface area contributed by atoms with Gasteiger partial charge in [-0.3, -0.25) is 9.36 Å². The maximum atomic E-state index is 12.6. The molecule has 0 aliphatic carbocycles. The smallest absolute Gasteiger partial charge is 0.467 e. The monoisotopic (exact) mass is 379 g/mol. The first-order valence-electron chi connectivity index (χ1n) is 9.10. The molecule has 1 aliphatic heterocycles. The van der Waals surface area contributed by atoms with Crippen molar-refractivity contribution in [1.82, 2.24) is 4.57 Å². The van der Waals surface area contributed by atoms with E-state index < -0.39 is 41.8 Å². The Morgan fingerprint density at radius 3 is 2.22 bits per heavy atom. The minimum absolute atomic E-state index is 0.0140. The van der Waals surface area contributed by atoms with E-state index in [4.69, 9.17) is 18.8 Å². The summed E-state index contributed by atoms with van der Waals surface area (Å²) in [6, 6.07) is 3.50. The highest BCUT2D eigenvalue weighted by Gasteiger charge is 2.55. The molecule has 0 spiro atoms. The molecular weight excluding hydrogens is 349 g/mol. The molecule has 0 aromatic carbocycles. The van der Waals surface area contributed by atoms with Gasteiger partial charge in [-0.1, -0.05) is 0 Å². The van der Waals surface area contributed by atoms with Crippen LogP contribution in [0.5, 0.6) is 0 Å². The van der Waals surface area contributed by atoms with Crippen molar-refractivity contribution in [2.75, 3.05) is 7.11 Å². The van der Waals surface area contributed by atoms with Crippen molar-refractivity contribution in [3.63, 3.8) is 0 Å². The molecule has 0 radical (unpaired) electrons. The molecule has 1 saturated heterocycles. The third-order valence-electron chi connectivity index (χ3n) is 4.96. The summed E-state index contributed by atoms with van der Waals surface area (Å²) in [6.07, 6.45) is 1.10. The van der Waals surface area contributed by atoms with Crippen LogP contribution in [-0.4, -0.2) is 47.7 Å². The second-order valence-electron chi connectivity index (χ2n) is 8.79. The number of carbonyl (C=O) groups excluding carboxylic acids is 2. The highest BCUT2D eigenvalue weighted by molar-refractivity contribution is 6.48. The predicted molar refractivity (Wildman–Crippen MR) is 102 cm³/mol. The number of methoxy groups -OCH3 is 1. The van der Waals surface area contributed by atoms with Crippen LogP contribution in [0.1, 0.15) is 66.4 Å². The van der Waals surface area contributed by atoms with Crippen LogP contribution in [0.3, 0.4) is 0 Å². The van der Waals surface area contributed by atoms with E-state index >= 15 is 0 Å². The quantitative estimate of drug-likeness (QED) is 0.588. The van der Waals surface area contributed by atoms with Crippen LogP contribution in [-0.2, 0) is 23.6 Å². The lowest BCUT2D eigenvalue weighted by Gasteiger charge is -2.32. The summed E-state index contributed by atoms with van der Waals surface area (Å²) < 4.78 is 24.0. The SMILES string of the molecule is COC(=O)CC(B1OC(C)(C)C(C)(C)O1)c1cccn1C(=O)OC(C)(C)C. The molecule has 0 bridgehead atoms. The largest absolute Gasteiger partial charge is 0.469 e. The summed E-state index contributed by atoms with van der Waals surface area (Å²) in [7, 11) is 0.626. The lowest BCUT2D eigenvalue weighted by Crippen LogP contribution is -2.41. The number of nitrogens with zero attached hydrogens (tertiary/aromatic N) is 1. The number of hydrogen-bond acceptors (Lipinski definition) is 6. The third-order valence-corrected chi connectivity index (χ3v) is 4.96. The fraction of sp³-hybridized carbons (Fsp3) is 0.684. The zero-order valence-corrected chi connectivity index (χ0v) is 17.5. The van der Waals surface area contributed by atoms with Crippen LogP contribution in [0.2, 0.25) is 0 Å². The zero-order valence-electron chi connectivity index (χ0n) is 17.5. The highest BCUT2D eigenvalue weighted by atomic mass is 16.7. The molecule has 8 heteroatoms. The second-order valence-corrected chi connectivity index (χ2v) is 8.79. The normalized spacial score (nSPS) is 19.6. The van der Waals surface area contributed by atoms with Crippen LogP contribution < -0.4 is 0 Å². The summed E-state index contributed by atoms with van der Waals surface area (Å²) in [5, 5.41) is 0. The van der Waals surface area contributed by atoms with Crippen molar-refractivity contribution in [3.05, 3.63) is 24.0 Å². The zero-order chi connectivity index (χ0) is 20.6. The number of aromatic nitrogens is 1. The Morgan fingerprint density at radius 2 is 1.74 bits per heavy atom. The molecule has 150 valence electrons. The van der Waals surface area contributed by atoms with Crippen LogP contribution in [0, 0.1) is 0 Å². The van der Waals surface area contributed by atoms with Gasteiger partial charge in [0.25, 0.3) is 0 Å². The lowest BCUT2D eigenvalue weighted by molar-refractivity contribution is -0.140. The minimum Gasteiger partial charge on any atom is -0.469 e. The summed E-state index contributed by atoms with van der Waals surface area (Å²) in [4.78, 5) is 24.7. The van der Waals surface area contributed by atoms with Gasteiger partial charge in [0, 0.05) is 17.7 Å². The lowest BCUT2D eigenvalue weighted by atomic mass is 9.68. The van der Waals surface area contributed by atoms with Crippen molar-refractivity contribution in [3.8, 4) is 0 Å². The Bertz CT molecular complexity index is 687. The van der Waals surface area contributed by atoms with Crippen molar-refractivity contribution >= 4 is 19.2 Å². The first-order chi connectivity index (χ1) is 12.3. The number of carbonyl (C=O) groups is 2. The van der Waals surface area contributed by atoms with E-state index in [1.165, 1.54) is 11.7 Å². The molecule has 1 aromatic heterocycles. The van der Waals surface area contributed by atoms with Crippen LogP contribution in [0.25, 0.3) is 0 Å². The van der Waals surface area contributed by atoms with Crippen molar-refractivity contribution in [2.24, 2.45) is 0 Å². The molecule has 7 nitrogen and oxygen atoms in total. The Hall–Kier alpha value is -1.80. The fourth-order valence-electron chi connectivity index (χ4n) is 2.83. The Morgan fingerprint density at radius 1 is 1.19 bits per heavy atom. The molecule has 2 heterocycles. The van der Waals surface area contributed by atoms with E-state index in [-0.39, 0.29) is 6.42 Å². The molecule has 1 fully saturated rings. The van der Waals surface area contributed by atoms with E-state index in [9.17, 15) is 9.59 Å².